The molecule has 2 heterocycles. The number of ether oxygens (including phenoxy) is 2. The van der Waals surface area contributed by atoms with Gasteiger partial charge in [0, 0.05) is 26.4 Å². The van der Waals surface area contributed by atoms with Gasteiger partial charge in [0.15, 0.2) is 0 Å². The van der Waals surface area contributed by atoms with E-state index in [-0.39, 0.29) is 0 Å². The highest BCUT2D eigenvalue weighted by atomic mass is 16.5. The second-order valence-electron chi connectivity index (χ2n) is 5.95. The van der Waals surface area contributed by atoms with Crippen LogP contribution in [0.3, 0.4) is 0 Å². The molecule has 0 unspecified atom stereocenters. The molecular weight excluding hydrogens is 296 g/mol. The first-order valence-corrected chi connectivity index (χ1v) is 8.98. The van der Waals surface area contributed by atoms with Gasteiger partial charge in [-0.05, 0) is 39.5 Å². The molecule has 2 heteroatoms. The van der Waals surface area contributed by atoms with E-state index >= 15 is 0 Å². The zero-order valence-electron chi connectivity index (χ0n) is 15.2. The average molecular weight is 328 g/mol. The van der Waals surface area contributed by atoms with Crippen molar-refractivity contribution in [1.82, 2.24) is 0 Å². The highest BCUT2D eigenvalue weighted by molar-refractivity contribution is 5.12. The smallest absolute Gasteiger partial charge is 0.0466 e. The minimum atomic E-state index is 1.00. The van der Waals surface area contributed by atoms with Crippen LogP contribution in [0.25, 0.3) is 0 Å². The van der Waals surface area contributed by atoms with Crippen molar-refractivity contribution in [2.45, 2.75) is 39.5 Å². The Hall–Kier alpha value is -1.64. The van der Waals surface area contributed by atoms with Crippen molar-refractivity contribution in [3.8, 4) is 0 Å². The highest BCUT2D eigenvalue weighted by Gasteiger charge is 1.95. The van der Waals surface area contributed by atoms with E-state index in [1.807, 2.05) is 36.4 Å². The van der Waals surface area contributed by atoms with Gasteiger partial charge in [-0.15, -0.1) is 0 Å². The second kappa shape index (κ2) is 14.9. The van der Waals surface area contributed by atoms with Gasteiger partial charge in [0.2, 0.25) is 0 Å². The van der Waals surface area contributed by atoms with Gasteiger partial charge in [-0.2, -0.15) is 0 Å². The predicted molar refractivity (Wildman–Crippen MR) is 102 cm³/mol. The summed E-state index contributed by atoms with van der Waals surface area (Å²) in [5, 5.41) is 0. The molecule has 2 nitrogen and oxygen atoms in total. The summed E-state index contributed by atoms with van der Waals surface area (Å²) < 4.78 is 9.89. The molecule has 2 aromatic carbocycles. The summed E-state index contributed by atoms with van der Waals surface area (Å²) in [7, 11) is 0. The van der Waals surface area contributed by atoms with Gasteiger partial charge in [0.05, 0.1) is 0 Å². The van der Waals surface area contributed by atoms with Crippen molar-refractivity contribution in [1.29, 1.82) is 0 Å². The summed E-state index contributed by atoms with van der Waals surface area (Å²) in [5.74, 6) is 0. The fourth-order valence-corrected chi connectivity index (χ4v) is 2.09. The molecule has 0 bridgehead atoms. The van der Waals surface area contributed by atoms with Crippen LogP contribution in [0.1, 0.15) is 36.8 Å². The lowest BCUT2D eigenvalue weighted by molar-refractivity contribution is 0.198. The molecule has 0 radical (unpaired) electrons. The number of rotatable bonds is 0. The van der Waals surface area contributed by atoms with Crippen LogP contribution in [0.2, 0.25) is 0 Å². The predicted octanol–water partition coefficient (Wildman–Crippen LogP) is 5.58. The normalized spacial score (nSPS) is 15.1. The van der Waals surface area contributed by atoms with E-state index in [0.717, 1.165) is 26.4 Å². The van der Waals surface area contributed by atoms with E-state index < -0.39 is 0 Å². The largest absolute Gasteiger partial charge is 0.381 e. The molecule has 132 valence electrons. The van der Waals surface area contributed by atoms with Crippen molar-refractivity contribution in [2.75, 3.05) is 26.4 Å². The van der Waals surface area contributed by atoms with Gasteiger partial charge in [-0.3, -0.25) is 0 Å². The van der Waals surface area contributed by atoms with Crippen LogP contribution < -0.4 is 0 Å². The third-order valence-corrected chi connectivity index (χ3v) is 3.54. The van der Waals surface area contributed by atoms with Crippen LogP contribution in [0.5, 0.6) is 0 Å². The van der Waals surface area contributed by atoms with Crippen LogP contribution in [0.4, 0.5) is 0 Å². The minimum absolute atomic E-state index is 1.00. The Morgan fingerprint density at radius 3 is 0.917 bits per heavy atom. The molecule has 2 aliphatic heterocycles. The van der Waals surface area contributed by atoms with E-state index in [1.165, 1.54) is 36.8 Å². The fraction of sp³-hybridized carbons (Fsp3) is 0.455. The molecular formula is C22H32O2. The molecule has 0 saturated carbocycles. The van der Waals surface area contributed by atoms with Gasteiger partial charge in [0.25, 0.3) is 0 Å². The molecule has 0 aromatic heterocycles. The van der Waals surface area contributed by atoms with Crippen molar-refractivity contribution >= 4 is 0 Å². The Morgan fingerprint density at radius 1 is 0.500 bits per heavy atom. The Kier molecular flexibility index (Phi) is 12.7. The molecule has 0 aliphatic carbocycles. The lowest BCUT2D eigenvalue weighted by Crippen LogP contribution is -1.74. The Morgan fingerprint density at radius 2 is 0.792 bits per heavy atom. The topological polar surface area (TPSA) is 18.5 Å². The average Bonchev–Trinajstić information content (AvgIpc) is 3.36. The van der Waals surface area contributed by atoms with E-state index in [9.17, 15) is 0 Å². The summed E-state index contributed by atoms with van der Waals surface area (Å²) in [6.45, 7) is 8.17. The number of hydrogen-bond acceptors (Lipinski definition) is 2. The van der Waals surface area contributed by atoms with Gasteiger partial charge in [-0.25, -0.2) is 0 Å². The third kappa shape index (κ3) is 12.9. The molecule has 2 fully saturated rings. The van der Waals surface area contributed by atoms with Crippen molar-refractivity contribution in [3.63, 3.8) is 0 Å². The van der Waals surface area contributed by atoms with Gasteiger partial charge < -0.3 is 9.47 Å². The fourth-order valence-electron chi connectivity index (χ4n) is 2.09. The van der Waals surface area contributed by atoms with E-state index in [0.29, 0.717) is 0 Å². The van der Waals surface area contributed by atoms with Crippen LogP contribution in [-0.2, 0) is 9.47 Å². The van der Waals surface area contributed by atoms with Crippen LogP contribution >= 0.6 is 0 Å². The molecule has 0 amide bonds. The van der Waals surface area contributed by atoms with E-state index in [4.69, 9.17) is 9.47 Å². The maximum atomic E-state index is 4.94. The Balaban J connectivity index is 0.000000162. The van der Waals surface area contributed by atoms with Crippen LogP contribution in [0.15, 0.2) is 60.7 Å². The van der Waals surface area contributed by atoms with Gasteiger partial charge in [0.1, 0.15) is 0 Å². The second-order valence-corrected chi connectivity index (χ2v) is 5.95. The zero-order valence-corrected chi connectivity index (χ0v) is 15.2. The van der Waals surface area contributed by atoms with Crippen LogP contribution in [0, 0.1) is 13.8 Å². The first-order valence-electron chi connectivity index (χ1n) is 8.98. The lowest BCUT2D eigenvalue weighted by Gasteiger charge is -1.82. The molecule has 0 spiro atoms. The summed E-state index contributed by atoms with van der Waals surface area (Å²) in [6.07, 6.45) is 5.11. The highest BCUT2D eigenvalue weighted by Crippen LogP contribution is 1.99. The lowest BCUT2D eigenvalue weighted by atomic mass is 10.2. The first-order chi connectivity index (χ1) is 11.8. The molecule has 4 rings (SSSR count). The van der Waals surface area contributed by atoms with Crippen LogP contribution in [-0.4, -0.2) is 26.4 Å². The third-order valence-electron chi connectivity index (χ3n) is 3.54. The Bertz CT molecular complexity index is 411. The summed E-state index contributed by atoms with van der Waals surface area (Å²) in [4.78, 5) is 0. The van der Waals surface area contributed by atoms with Crippen molar-refractivity contribution in [2.24, 2.45) is 0 Å². The molecule has 2 aromatic rings. The van der Waals surface area contributed by atoms with E-state index in [2.05, 4.69) is 38.1 Å². The van der Waals surface area contributed by atoms with E-state index in [1.54, 1.807) is 0 Å². The number of benzene rings is 2. The minimum Gasteiger partial charge on any atom is -0.381 e. The van der Waals surface area contributed by atoms with Gasteiger partial charge >= 0.3 is 0 Å². The monoisotopic (exact) mass is 328 g/mol. The maximum absolute atomic E-state index is 4.94. The number of aryl methyl sites for hydroxylation is 2. The molecule has 0 atom stereocenters. The Labute approximate surface area is 147 Å². The maximum Gasteiger partial charge on any atom is 0.0466 e. The molecule has 0 N–H and O–H groups in total. The SMILES string of the molecule is C1CCOC1.C1CCOC1.Cc1ccccc1.Cc1ccccc1. The quantitative estimate of drug-likeness (QED) is 0.628. The summed E-state index contributed by atoms with van der Waals surface area (Å²) >= 11 is 0. The standard InChI is InChI=1S/2C7H8.2C4H8O/c2*1-7-5-3-2-4-6-7;2*1-2-4-5-3-1/h2*2-6H,1H3;2*1-4H2. The molecule has 2 saturated heterocycles. The molecule has 2 aliphatic rings. The zero-order chi connectivity index (χ0) is 17.3. The number of hydrogen-bond donors (Lipinski definition) is 0. The van der Waals surface area contributed by atoms with Crippen molar-refractivity contribution in [3.05, 3.63) is 71.8 Å². The first kappa shape index (κ1) is 20.4. The van der Waals surface area contributed by atoms with Gasteiger partial charge in [-0.1, -0.05) is 71.8 Å². The summed E-state index contributed by atoms with van der Waals surface area (Å²) in [6, 6.07) is 20.5. The van der Waals surface area contributed by atoms with Crippen molar-refractivity contribution < 1.29 is 9.47 Å². The molecule has 24 heavy (non-hydrogen) atoms. The summed E-state index contributed by atoms with van der Waals surface area (Å²) in [5.41, 5.74) is 2.64.